The molecule has 2 bridgehead atoms. The Labute approximate surface area is 362 Å². The summed E-state index contributed by atoms with van der Waals surface area (Å²) >= 11 is 3.37. The summed E-state index contributed by atoms with van der Waals surface area (Å²) in [7, 11) is 0. The average molecular weight is 913 g/mol. The number of halogens is 1. The maximum Gasteiger partial charge on any atom is 0.338 e. The molecule has 1 aliphatic heterocycles. The van der Waals surface area contributed by atoms with E-state index in [1.807, 2.05) is 13.8 Å². The van der Waals surface area contributed by atoms with Crippen molar-refractivity contribution >= 4 is 51.5 Å². The van der Waals surface area contributed by atoms with Gasteiger partial charge in [0, 0.05) is 32.1 Å². The molecule has 0 spiro atoms. The molecule has 15 nitrogen and oxygen atoms in total. The van der Waals surface area contributed by atoms with Gasteiger partial charge in [0.2, 0.25) is 5.91 Å². The highest BCUT2D eigenvalue weighted by Crippen LogP contribution is 2.64. The lowest BCUT2D eigenvalue weighted by Gasteiger charge is -2.67. The number of hydrogen-bond acceptors (Lipinski definition) is 14. The summed E-state index contributed by atoms with van der Waals surface area (Å²) in [5.41, 5.74) is -7.23. The maximum absolute atomic E-state index is 15.5. The van der Waals surface area contributed by atoms with E-state index in [1.165, 1.54) is 26.0 Å². The number of alkyl halides is 1. The molecule has 1 heterocycles. The number of benzene rings is 2. The molecule has 16 heteroatoms. The second kappa shape index (κ2) is 17.0. The molecule has 6 rings (SSSR count). The number of Topliss-reactive ketones (excluding diaryl/α,β-unsaturated/α-hetero) is 1. The molecule has 3 fully saturated rings. The van der Waals surface area contributed by atoms with Crippen LogP contribution in [-0.2, 0) is 47.7 Å². The van der Waals surface area contributed by atoms with Crippen molar-refractivity contribution in [2.45, 2.75) is 127 Å². The Balaban J connectivity index is 1.54. The summed E-state index contributed by atoms with van der Waals surface area (Å²) in [5, 5.41) is 40.2. The zero-order valence-corrected chi connectivity index (χ0v) is 37.0. The van der Waals surface area contributed by atoms with Gasteiger partial charge in [-0.15, -0.1) is 0 Å². The quantitative estimate of drug-likeness (QED) is 0.109. The third-order valence-electron chi connectivity index (χ3n) is 13.3. The molecule has 2 saturated carbocycles. The van der Waals surface area contributed by atoms with E-state index >= 15 is 4.79 Å². The molecule has 61 heavy (non-hydrogen) atoms. The Morgan fingerprint density at radius 1 is 0.918 bits per heavy atom. The van der Waals surface area contributed by atoms with Crippen molar-refractivity contribution < 1.29 is 67.8 Å². The molecule has 330 valence electrons. The first-order chi connectivity index (χ1) is 28.5. The zero-order valence-electron chi connectivity index (χ0n) is 35.4. The third-order valence-corrected chi connectivity index (χ3v) is 14.8. The second-order valence-electron chi connectivity index (χ2n) is 17.7. The van der Waals surface area contributed by atoms with E-state index in [0.29, 0.717) is 5.56 Å². The summed E-state index contributed by atoms with van der Waals surface area (Å²) in [5.74, 6) is -6.88. The molecule has 1 saturated heterocycles. The zero-order chi connectivity index (χ0) is 45.0. The number of ether oxygens (including phenoxy) is 5. The van der Waals surface area contributed by atoms with Gasteiger partial charge in [0.05, 0.1) is 40.5 Å². The molecular weight excluding hydrogens is 858 g/mol. The standard InChI is InChI=1S/C45H54BrNO14/c1-22(2)32(46)39(53)47-33(26-15-11-9-12-16-26)34(51)41(55)59-28-20-45(56)38(60-40(54)27-17-13-10-14-18-27)36-43(8,29(50)19-30-44(36,21-57-30)61-25(5)49)37(52)35(58-24(4)48)31(23(28)3)42(45,6)7/h9-18,22,28-30,32-36,38,50-51,56H,19-21H2,1-8H3,(H,47,53)/t28-,29-,30+,32?,33-,34+,35+,36-,38-,43+,44-,45+/m0/s1. The van der Waals surface area contributed by atoms with Crippen LogP contribution in [0.2, 0.25) is 0 Å². The smallest absolute Gasteiger partial charge is 0.338 e. The monoisotopic (exact) mass is 911 g/mol. The van der Waals surface area contributed by atoms with E-state index in [2.05, 4.69) is 21.2 Å². The first-order valence-electron chi connectivity index (χ1n) is 20.3. The van der Waals surface area contributed by atoms with Crippen molar-refractivity contribution in [1.29, 1.82) is 0 Å². The minimum absolute atomic E-state index is 0.00173. The lowest BCUT2D eigenvalue weighted by atomic mass is 9.44. The van der Waals surface area contributed by atoms with Crippen LogP contribution in [-0.4, -0.2) is 110 Å². The van der Waals surface area contributed by atoms with Gasteiger partial charge in [-0.25, -0.2) is 9.59 Å². The van der Waals surface area contributed by atoms with Gasteiger partial charge >= 0.3 is 23.9 Å². The number of amides is 1. The predicted octanol–water partition coefficient (Wildman–Crippen LogP) is 3.84. The number of fused-ring (bicyclic) bond motifs is 5. The lowest BCUT2D eigenvalue weighted by molar-refractivity contribution is -0.346. The van der Waals surface area contributed by atoms with Crippen molar-refractivity contribution in [3.63, 3.8) is 0 Å². The fraction of sp³-hybridized carbons (Fsp3) is 0.556. The first kappa shape index (κ1) is 46.0. The summed E-state index contributed by atoms with van der Waals surface area (Å²) in [4.78, 5) is 82.6. The molecular formula is C45H54BrNO14. The summed E-state index contributed by atoms with van der Waals surface area (Å²) in [6.07, 6.45) is -10.5. The number of rotatable bonds is 11. The van der Waals surface area contributed by atoms with E-state index in [0.717, 1.165) is 13.8 Å². The first-order valence-corrected chi connectivity index (χ1v) is 21.2. The Morgan fingerprint density at radius 3 is 2.07 bits per heavy atom. The van der Waals surface area contributed by atoms with E-state index in [1.54, 1.807) is 62.4 Å². The summed E-state index contributed by atoms with van der Waals surface area (Å²) in [6.45, 7) is 11.6. The van der Waals surface area contributed by atoms with Gasteiger partial charge in [0.1, 0.15) is 23.9 Å². The van der Waals surface area contributed by atoms with Gasteiger partial charge < -0.3 is 44.3 Å². The van der Waals surface area contributed by atoms with Crippen molar-refractivity contribution in [2.24, 2.45) is 22.7 Å². The maximum atomic E-state index is 15.5. The molecule has 2 aromatic rings. The number of aliphatic hydroxyl groups is 3. The topological polar surface area (TPSA) is 221 Å². The average Bonchev–Trinajstić information content (AvgIpc) is 3.20. The van der Waals surface area contributed by atoms with Crippen LogP contribution in [0, 0.1) is 22.7 Å². The summed E-state index contributed by atoms with van der Waals surface area (Å²) < 4.78 is 30.2. The number of carbonyl (C=O) groups is 6. The van der Waals surface area contributed by atoms with E-state index < -0.39 is 117 Å². The van der Waals surface area contributed by atoms with Crippen LogP contribution in [0.1, 0.15) is 90.2 Å². The van der Waals surface area contributed by atoms with Gasteiger partial charge in [-0.05, 0) is 48.6 Å². The Morgan fingerprint density at radius 2 is 1.52 bits per heavy atom. The molecule has 1 amide bonds. The van der Waals surface area contributed by atoms with Crippen LogP contribution in [0.15, 0.2) is 71.8 Å². The van der Waals surface area contributed by atoms with E-state index in [9.17, 15) is 39.3 Å². The molecule has 12 atom stereocenters. The third kappa shape index (κ3) is 7.83. The SMILES string of the molecule is CC(=O)O[C@H]1C(=O)[C@@]2(C)[C@H]([C@H](OC(=O)c3ccccc3)[C@]3(O)C[C@H](OC(=O)[C@H](O)[C@@H](NC(=O)C(Br)C(C)C)c4ccccc4)C(C)=C1C3(C)C)[C@]1(OC(C)=O)CO[C@@H]1C[C@@H]2O. The van der Waals surface area contributed by atoms with Gasteiger partial charge in [-0.3, -0.25) is 19.2 Å². The fourth-order valence-corrected chi connectivity index (χ4v) is 10.0. The van der Waals surface area contributed by atoms with Gasteiger partial charge in [0.25, 0.3) is 0 Å². The number of ketones is 1. The molecule has 4 aliphatic rings. The number of aliphatic hydroxyl groups excluding tert-OH is 2. The second-order valence-corrected chi connectivity index (χ2v) is 18.7. The lowest BCUT2D eigenvalue weighted by Crippen LogP contribution is -2.82. The van der Waals surface area contributed by atoms with Crippen LogP contribution in [0.4, 0.5) is 0 Å². The van der Waals surface area contributed by atoms with E-state index in [-0.39, 0.29) is 35.7 Å². The van der Waals surface area contributed by atoms with Crippen LogP contribution in [0.3, 0.4) is 0 Å². The van der Waals surface area contributed by atoms with Crippen LogP contribution < -0.4 is 5.32 Å². The highest BCUT2D eigenvalue weighted by atomic mass is 79.9. The van der Waals surface area contributed by atoms with Crippen LogP contribution in [0.5, 0.6) is 0 Å². The Hall–Kier alpha value is -4.48. The fourth-order valence-electron chi connectivity index (χ4n) is 9.90. The van der Waals surface area contributed by atoms with E-state index in [4.69, 9.17) is 23.7 Å². The van der Waals surface area contributed by atoms with Crippen molar-refractivity contribution in [3.8, 4) is 0 Å². The highest BCUT2D eigenvalue weighted by molar-refractivity contribution is 9.10. The number of esters is 4. The van der Waals surface area contributed by atoms with Crippen molar-refractivity contribution in [2.75, 3.05) is 6.61 Å². The number of hydrogen-bond donors (Lipinski definition) is 4. The van der Waals surface area contributed by atoms with Crippen molar-refractivity contribution in [3.05, 3.63) is 82.9 Å². The van der Waals surface area contributed by atoms with Gasteiger partial charge in [-0.2, -0.15) is 0 Å². The number of nitrogens with one attached hydrogen (secondary N) is 1. The predicted molar refractivity (Wildman–Crippen MR) is 219 cm³/mol. The Kier molecular flexibility index (Phi) is 12.8. The Bertz CT molecular complexity index is 2090. The minimum Gasteiger partial charge on any atom is -0.456 e. The molecule has 0 radical (unpaired) electrons. The highest BCUT2D eigenvalue weighted by Gasteiger charge is 2.78. The largest absolute Gasteiger partial charge is 0.456 e. The summed E-state index contributed by atoms with van der Waals surface area (Å²) in [6, 6.07) is 14.8. The molecule has 0 aromatic heterocycles. The normalized spacial score (nSPS) is 32.9. The minimum atomic E-state index is -2.38. The van der Waals surface area contributed by atoms with Crippen LogP contribution >= 0.6 is 15.9 Å². The molecule has 4 N–H and O–H groups in total. The molecule has 3 aliphatic carbocycles. The van der Waals surface area contributed by atoms with Gasteiger partial charge in [0.15, 0.2) is 23.6 Å². The molecule has 2 aromatic carbocycles. The number of carbonyl (C=O) groups excluding carboxylic acids is 6. The molecule has 1 unspecified atom stereocenters. The van der Waals surface area contributed by atoms with Gasteiger partial charge in [-0.1, -0.05) is 92.2 Å². The van der Waals surface area contributed by atoms with Crippen LogP contribution in [0.25, 0.3) is 0 Å². The van der Waals surface area contributed by atoms with Crippen molar-refractivity contribution in [1.82, 2.24) is 5.32 Å².